The van der Waals surface area contributed by atoms with Crippen molar-refractivity contribution in [3.63, 3.8) is 0 Å². The Labute approximate surface area is 143 Å². The molecule has 0 saturated heterocycles. The van der Waals surface area contributed by atoms with E-state index in [9.17, 15) is 0 Å². The molecule has 120 valence electrons. The molecule has 0 aromatic carbocycles. The fraction of sp³-hybridized carbons (Fsp3) is 0.333. The van der Waals surface area contributed by atoms with Crippen LogP contribution in [0.3, 0.4) is 0 Å². The number of hydrogen-bond acceptors (Lipinski definition) is 5. The van der Waals surface area contributed by atoms with Crippen LogP contribution < -0.4 is 0 Å². The minimum Gasteiger partial charge on any atom is -0.265 e. The molecular formula is C18H17N5S. The summed E-state index contributed by atoms with van der Waals surface area (Å²) in [5, 5.41) is 5.91. The number of nitrogens with zero attached hydrogens (tertiary/aromatic N) is 5. The Hall–Kier alpha value is -2.34. The molecule has 5 nitrogen and oxygen atoms in total. The van der Waals surface area contributed by atoms with Gasteiger partial charge in [-0.2, -0.15) is 4.52 Å². The average Bonchev–Trinajstić information content (AvgIpc) is 3.17. The third-order valence-corrected chi connectivity index (χ3v) is 6.01. The van der Waals surface area contributed by atoms with Crippen LogP contribution in [0.15, 0.2) is 24.5 Å². The summed E-state index contributed by atoms with van der Waals surface area (Å²) in [7, 11) is 0. The molecule has 24 heavy (non-hydrogen) atoms. The maximum atomic E-state index is 4.87. The molecule has 0 aliphatic heterocycles. The Morgan fingerprint density at radius 2 is 2.04 bits per heavy atom. The van der Waals surface area contributed by atoms with Crippen LogP contribution in [-0.2, 0) is 12.8 Å². The van der Waals surface area contributed by atoms with Crippen LogP contribution in [-0.4, -0.2) is 24.6 Å². The van der Waals surface area contributed by atoms with E-state index < -0.39 is 0 Å². The molecule has 0 radical (unpaired) electrons. The fourth-order valence-electron chi connectivity index (χ4n) is 3.57. The van der Waals surface area contributed by atoms with Crippen molar-refractivity contribution in [1.29, 1.82) is 0 Å². The molecule has 4 aromatic heterocycles. The van der Waals surface area contributed by atoms with E-state index in [4.69, 9.17) is 15.1 Å². The third-order valence-electron chi connectivity index (χ3n) is 4.83. The van der Waals surface area contributed by atoms with Crippen molar-refractivity contribution in [2.45, 2.75) is 33.1 Å². The Kier molecular flexibility index (Phi) is 2.97. The van der Waals surface area contributed by atoms with E-state index in [0.29, 0.717) is 0 Å². The zero-order valence-corrected chi connectivity index (χ0v) is 14.5. The van der Waals surface area contributed by atoms with E-state index in [1.807, 2.05) is 34.9 Å². The van der Waals surface area contributed by atoms with E-state index in [1.165, 1.54) is 22.2 Å². The Morgan fingerprint density at radius 1 is 1.21 bits per heavy atom. The molecule has 0 saturated carbocycles. The quantitative estimate of drug-likeness (QED) is 0.530. The summed E-state index contributed by atoms with van der Waals surface area (Å²) in [6.45, 7) is 4.33. The summed E-state index contributed by atoms with van der Waals surface area (Å²) in [5.41, 5.74) is 3.37. The maximum Gasteiger partial charge on any atom is 0.182 e. The minimum atomic E-state index is 0.722. The lowest BCUT2D eigenvalue weighted by molar-refractivity contribution is 0.508. The highest BCUT2D eigenvalue weighted by atomic mass is 32.1. The molecule has 0 bridgehead atoms. The van der Waals surface area contributed by atoms with Crippen LogP contribution in [0.4, 0.5) is 0 Å². The molecular weight excluding hydrogens is 318 g/mol. The summed E-state index contributed by atoms with van der Waals surface area (Å²) in [6.07, 6.45) is 7.09. The van der Waals surface area contributed by atoms with E-state index in [1.54, 1.807) is 12.4 Å². The smallest absolute Gasteiger partial charge is 0.182 e. The van der Waals surface area contributed by atoms with Gasteiger partial charge in [0.2, 0.25) is 0 Å². The highest BCUT2D eigenvalue weighted by Crippen LogP contribution is 2.39. The Morgan fingerprint density at radius 3 is 2.88 bits per heavy atom. The van der Waals surface area contributed by atoms with Crippen molar-refractivity contribution >= 4 is 27.2 Å². The molecule has 5 rings (SSSR count). The van der Waals surface area contributed by atoms with E-state index >= 15 is 0 Å². The second kappa shape index (κ2) is 5.08. The number of aromatic nitrogens is 5. The first kappa shape index (κ1) is 14.0. The Bertz CT molecular complexity index is 1060. The third kappa shape index (κ3) is 1.99. The van der Waals surface area contributed by atoms with Crippen LogP contribution in [0, 0.1) is 12.8 Å². The SMILES string of the molecule is Cc1nc2sc3c(c2c2nc(-c4ccncc4)nn12)CC(C)CC3. The molecule has 0 N–H and O–H groups in total. The molecule has 1 unspecified atom stereocenters. The number of rotatable bonds is 1. The van der Waals surface area contributed by atoms with E-state index in [0.717, 1.165) is 46.4 Å². The van der Waals surface area contributed by atoms with Crippen LogP contribution in [0.2, 0.25) is 0 Å². The maximum absolute atomic E-state index is 4.87. The molecule has 1 atom stereocenters. The van der Waals surface area contributed by atoms with Gasteiger partial charge in [0.25, 0.3) is 0 Å². The largest absolute Gasteiger partial charge is 0.265 e. The van der Waals surface area contributed by atoms with Gasteiger partial charge in [0.15, 0.2) is 11.5 Å². The zero-order chi connectivity index (χ0) is 16.3. The molecule has 0 fully saturated rings. The van der Waals surface area contributed by atoms with Crippen molar-refractivity contribution in [2.24, 2.45) is 5.92 Å². The molecule has 4 aromatic rings. The van der Waals surface area contributed by atoms with Crippen molar-refractivity contribution in [1.82, 2.24) is 24.6 Å². The first-order chi connectivity index (χ1) is 11.7. The topological polar surface area (TPSA) is 56.0 Å². The first-order valence-corrected chi connectivity index (χ1v) is 9.10. The second-order valence-corrected chi connectivity index (χ2v) is 7.68. The van der Waals surface area contributed by atoms with Crippen LogP contribution in [0.25, 0.3) is 27.3 Å². The van der Waals surface area contributed by atoms with Gasteiger partial charge < -0.3 is 0 Å². The minimum absolute atomic E-state index is 0.722. The predicted octanol–water partition coefficient (Wildman–Crippen LogP) is 3.83. The molecule has 6 heteroatoms. The summed E-state index contributed by atoms with van der Waals surface area (Å²) in [6, 6.07) is 3.89. The standard InChI is InChI=1S/C18H17N5S/c1-10-3-4-14-13(9-10)15-17-21-16(12-5-7-19-8-6-12)22-23(17)11(2)20-18(15)24-14/h5-8,10H,3-4,9H2,1-2H3. The van der Waals surface area contributed by atoms with Gasteiger partial charge in [0.1, 0.15) is 10.7 Å². The van der Waals surface area contributed by atoms with Gasteiger partial charge in [0, 0.05) is 22.8 Å². The first-order valence-electron chi connectivity index (χ1n) is 8.28. The number of hydrogen-bond donors (Lipinski definition) is 0. The lowest BCUT2D eigenvalue weighted by Crippen LogP contribution is -2.09. The monoisotopic (exact) mass is 335 g/mol. The number of aryl methyl sites for hydroxylation is 2. The van der Waals surface area contributed by atoms with Gasteiger partial charge in [-0.15, -0.1) is 16.4 Å². The van der Waals surface area contributed by atoms with Gasteiger partial charge >= 0.3 is 0 Å². The number of fused-ring (bicyclic) bond motifs is 5. The zero-order valence-electron chi connectivity index (χ0n) is 13.7. The van der Waals surface area contributed by atoms with Gasteiger partial charge in [-0.3, -0.25) is 4.98 Å². The van der Waals surface area contributed by atoms with Crippen molar-refractivity contribution in [2.75, 3.05) is 0 Å². The predicted molar refractivity (Wildman–Crippen MR) is 95.3 cm³/mol. The molecule has 4 heterocycles. The van der Waals surface area contributed by atoms with E-state index in [2.05, 4.69) is 11.9 Å². The lowest BCUT2D eigenvalue weighted by Gasteiger charge is -2.17. The molecule has 1 aliphatic rings. The van der Waals surface area contributed by atoms with Crippen LogP contribution in [0.1, 0.15) is 29.6 Å². The molecule has 0 amide bonds. The van der Waals surface area contributed by atoms with Gasteiger partial charge in [-0.1, -0.05) is 6.92 Å². The fourth-order valence-corrected chi connectivity index (χ4v) is 4.83. The summed E-state index contributed by atoms with van der Waals surface area (Å²) in [5.74, 6) is 2.34. The Balaban J connectivity index is 1.83. The van der Waals surface area contributed by atoms with Gasteiger partial charge in [-0.05, 0) is 49.8 Å². The second-order valence-electron chi connectivity index (χ2n) is 6.60. The summed E-state index contributed by atoms with van der Waals surface area (Å²) in [4.78, 5) is 16.3. The van der Waals surface area contributed by atoms with Crippen molar-refractivity contribution in [3.05, 3.63) is 40.8 Å². The number of thiophene rings is 1. The van der Waals surface area contributed by atoms with Crippen LogP contribution in [0.5, 0.6) is 0 Å². The molecule has 0 spiro atoms. The van der Waals surface area contributed by atoms with Crippen molar-refractivity contribution < 1.29 is 0 Å². The highest BCUT2D eigenvalue weighted by Gasteiger charge is 2.24. The number of pyridine rings is 1. The highest BCUT2D eigenvalue weighted by molar-refractivity contribution is 7.19. The lowest BCUT2D eigenvalue weighted by atomic mass is 9.89. The summed E-state index contributed by atoms with van der Waals surface area (Å²) < 4.78 is 1.89. The normalized spacial score (nSPS) is 17.5. The van der Waals surface area contributed by atoms with Gasteiger partial charge in [0.05, 0.1) is 5.39 Å². The van der Waals surface area contributed by atoms with Crippen LogP contribution >= 0.6 is 11.3 Å². The molecule has 1 aliphatic carbocycles. The average molecular weight is 335 g/mol. The summed E-state index contributed by atoms with van der Waals surface area (Å²) >= 11 is 1.83. The van der Waals surface area contributed by atoms with E-state index in [-0.39, 0.29) is 0 Å². The van der Waals surface area contributed by atoms with Crippen molar-refractivity contribution in [3.8, 4) is 11.4 Å². The van der Waals surface area contributed by atoms with Gasteiger partial charge in [-0.25, -0.2) is 9.97 Å².